The number of hydrogen-bond donors (Lipinski definition) is 2. The maximum Gasteiger partial charge on any atom is 0.124 e. The minimum absolute atomic E-state index is 0.212. The standard InChI is InChI=1S/C11H15FN2S/c12-9-1-2-10(13)11(5-9)15-7-8-3-4-14-6-8/h1-2,5,8,14H,3-4,6-7,13H2. The average molecular weight is 226 g/mol. The van der Waals surface area contributed by atoms with E-state index in [4.69, 9.17) is 5.73 Å². The zero-order chi connectivity index (χ0) is 10.7. The van der Waals surface area contributed by atoms with E-state index in [9.17, 15) is 4.39 Å². The number of halogens is 1. The van der Waals surface area contributed by atoms with Crippen molar-refractivity contribution >= 4 is 17.4 Å². The number of benzene rings is 1. The van der Waals surface area contributed by atoms with Crippen molar-refractivity contribution in [3.63, 3.8) is 0 Å². The van der Waals surface area contributed by atoms with Crippen LogP contribution in [0.25, 0.3) is 0 Å². The molecule has 1 aromatic carbocycles. The zero-order valence-corrected chi connectivity index (χ0v) is 9.32. The van der Waals surface area contributed by atoms with E-state index in [2.05, 4.69) is 5.32 Å². The van der Waals surface area contributed by atoms with Gasteiger partial charge in [-0.15, -0.1) is 11.8 Å². The molecule has 1 aromatic rings. The summed E-state index contributed by atoms with van der Waals surface area (Å²) in [5, 5.41) is 3.32. The Morgan fingerprint density at radius 3 is 3.13 bits per heavy atom. The fraction of sp³-hybridized carbons (Fsp3) is 0.455. The van der Waals surface area contributed by atoms with Gasteiger partial charge >= 0.3 is 0 Å². The van der Waals surface area contributed by atoms with Crippen molar-refractivity contribution in [3.05, 3.63) is 24.0 Å². The van der Waals surface area contributed by atoms with E-state index in [1.807, 2.05) is 0 Å². The molecule has 1 unspecified atom stereocenters. The number of nitrogen functional groups attached to an aromatic ring is 1. The van der Waals surface area contributed by atoms with Gasteiger partial charge in [-0.2, -0.15) is 0 Å². The van der Waals surface area contributed by atoms with E-state index < -0.39 is 0 Å². The normalized spacial score (nSPS) is 20.7. The van der Waals surface area contributed by atoms with Crippen LogP contribution < -0.4 is 11.1 Å². The van der Waals surface area contributed by atoms with Crippen LogP contribution in [-0.2, 0) is 0 Å². The summed E-state index contributed by atoms with van der Waals surface area (Å²) in [4.78, 5) is 0.863. The van der Waals surface area contributed by atoms with Crippen molar-refractivity contribution in [2.45, 2.75) is 11.3 Å². The van der Waals surface area contributed by atoms with Crippen molar-refractivity contribution < 1.29 is 4.39 Å². The van der Waals surface area contributed by atoms with Crippen LogP contribution in [0.1, 0.15) is 6.42 Å². The molecule has 2 rings (SSSR count). The molecule has 0 amide bonds. The quantitative estimate of drug-likeness (QED) is 0.612. The van der Waals surface area contributed by atoms with Crippen LogP contribution in [0.3, 0.4) is 0 Å². The fourth-order valence-corrected chi connectivity index (χ4v) is 2.83. The van der Waals surface area contributed by atoms with Crippen molar-refractivity contribution in [2.24, 2.45) is 5.92 Å². The molecule has 0 aliphatic carbocycles. The first-order valence-electron chi connectivity index (χ1n) is 5.14. The van der Waals surface area contributed by atoms with Crippen LogP contribution in [0, 0.1) is 11.7 Å². The molecule has 15 heavy (non-hydrogen) atoms. The minimum atomic E-state index is -0.212. The maximum atomic E-state index is 13.0. The third kappa shape index (κ3) is 2.86. The summed E-state index contributed by atoms with van der Waals surface area (Å²) < 4.78 is 13.0. The molecule has 1 saturated heterocycles. The molecule has 4 heteroatoms. The molecule has 1 aliphatic heterocycles. The number of hydrogen-bond acceptors (Lipinski definition) is 3. The highest BCUT2D eigenvalue weighted by molar-refractivity contribution is 7.99. The van der Waals surface area contributed by atoms with Gasteiger partial charge in [-0.3, -0.25) is 0 Å². The van der Waals surface area contributed by atoms with Gasteiger partial charge in [0.1, 0.15) is 5.82 Å². The van der Waals surface area contributed by atoms with Crippen LogP contribution in [-0.4, -0.2) is 18.8 Å². The Labute approximate surface area is 93.4 Å². The lowest BCUT2D eigenvalue weighted by Gasteiger charge is -2.09. The lowest BCUT2D eigenvalue weighted by molar-refractivity contribution is 0.624. The molecule has 0 saturated carbocycles. The smallest absolute Gasteiger partial charge is 0.124 e. The summed E-state index contributed by atoms with van der Waals surface area (Å²) in [7, 11) is 0. The largest absolute Gasteiger partial charge is 0.398 e. The molecule has 0 spiro atoms. The van der Waals surface area contributed by atoms with Gasteiger partial charge in [0.15, 0.2) is 0 Å². The predicted octanol–water partition coefficient (Wildman–Crippen LogP) is 2.11. The van der Waals surface area contributed by atoms with Gasteiger partial charge in [0.05, 0.1) is 0 Å². The molecular formula is C11H15FN2S. The van der Waals surface area contributed by atoms with Crippen LogP contribution in [0.4, 0.5) is 10.1 Å². The summed E-state index contributed by atoms with van der Waals surface area (Å²) in [6, 6.07) is 4.55. The van der Waals surface area contributed by atoms with Gasteiger partial charge in [0.25, 0.3) is 0 Å². The van der Waals surface area contributed by atoms with Crippen LogP contribution in [0.15, 0.2) is 23.1 Å². The predicted molar refractivity (Wildman–Crippen MR) is 62.5 cm³/mol. The molecular weight excluding hydrogens is 211 g/mol. The van der Waals surface area contributed by atoms with Gasteiger partial charge in [-0.1, -0.05) is 0 Å². The first-order chi connectivity index (χ1) is 7.25. The molecule has 3 N–H and O–H groups in total. The molecule has 2 nitrogen and oxygen atoms in total. The van der Waals surface area contributed by atoms with Gasteiger partial charge < -0.3 is 11.1 Å². The lowest BCUT2D eigenvalue weighted by atomic mass is 10.2. The van der Waals surface area contributed by atoms with E-state index in [1.54, 1.807) is 17.8 Å². The van der Waals surface area contributed by atoms with Gasteiger partial charge in [-0.05, 0) is 43.6 Å². The van der Waals surface area contributed by atoms with Crippen LogP contribution in [0.5, 0.6) is 0 Å². The molecule has 0 radical (unpaired) electrons. The van der Waals surface area contributed by atoms with Crippen molar-refractivity contribution in [1.29, 1.82) is 0 Å². The first kappa shape index (κ1) is 10.8. The topological polar surface area (TPSA) is 38.0 Å². The Hall–Kier alpha value is -0.740. The zero-order valence-electron chi connectivity index (χ0n) is 8.50. The highest BCUT2D eigenvalue weighted by atomic mass is 32.2. The Morgan fingerprint density at radius 1 is 1.53 bits per heavy atom. The Kier molecular flexibility index (Phi) is 3.49. The molecule has 1 fully saturated rings. The highest BCUT2D eigenvalue weighted by Crippen LogP contribution is 2.28. The molecule has 82 valence electrons. The third-order valence-corrected chi connectivity index (χ3v) is 3.92. The van der Waals surface area contributed by atoms with Crippen LogP contribution >= 0.6 is 11.8 Å². The van der Waals surface area contributed by atoms with Crippen LogP contribution in [0.2, 0.25) is 0 Å². The van der Waals surface area contributed by atoms with E-state index in [-0.39, 0.29) is 5.82 Å². The number of nitrogens with two attached hydrogens (primary N) is 1. The first-order valence-corrected chi connectivity index (χ1v) is 6.13. The average Bonchev–Trinajstić information content (AvgIpc) is 2.72. The molecule has 1 aliphatic rings. The Bertz CT molecular complexity index is 337. The monoisotopic (exact) mass is 226 g/mol. The van der Waals surface area contributed by atoms with Crippen molar-refractivity contribution in [2.75, 3.05) is 24.6 Å². The van der Waals surface area contributed by atoms with Crippen molar-refractivity contribution in [3.8, 4) is 0 Å². The lowest BCUT2D eigenvalue weighted by Crippen LogP contribution is -2.10. The second-order valence-electron chi connectivity index (χ2n) is 3.85. The Balaban J connectivity index is 1.94. The molecule has 0 aromatic heterocycles. The van der Waals surface area contributed by atoms with E-state index >= 15 is 0 Å². The summed E-state index contributed by atoms with van der Waals surface area (Å²) in [6.45, 7) is 2.17. The maximum absolute atomic E-state index is 13.0. The number of nitrogens with one attached hydrogen (secondary N) is 1. The number of rotatable bonds is 3. The minimum Gasteiger partial charge on any atom is -0.398 e. The second-order valence-corrected chi connectivity index (χ2v) is 4.91. The van der Waals surface area contributed by atoms with E-state index in [1.165, 1.54) is 18.6 Å². The number of anilines is 1. The van der Waals surface area contributed by atoms with Crippen molar-refractivity contribution in [1.82, 2.24) is 5.32 Å². The van der Waals surface area contributed by atoms with E-state index in [0.717, 1.165) is 23.7 Å². The van der Waals surface area contributed by atoms with Gasteiger partial charge in [0, 0.05) is 16.3 Å². The molecule has 1 atom stereocenters. The van der Waals surface area contributed by atoms with Gasteiger partial charge in [-0.25, -0.2) is 4.39 Å². The van der Waals surface area contributed by atoms with E-state index in [0.29, 0.717) is 11.6 Å². The highest BCUT2D eigenvalue weighted by Gasteiger charge is 2.15. The SMILES string of the molecule is Nc1ccc(F)cc1SCC1CCNC1. The second kappa shape index (κ2) is 4.86. The molecule has 0 bridgehead atoms. The molecule has 1 heterocycles. The fourth-order valence-electron chi connectivity index (χ4n) is 1.70. The third-order valence-electron chi connectivity index (χ3n) is 2.61. The number of thioether (sulfide) groups is 1. The summed E-state index contributed by atoms with van der Waals surface area (Å²) in [5.74, 6) is 1.50. The van der Waals surface area contributed by atoms with Gasteiger partial charge in [0.2, 0.25) is 0 Å². The summed E-state index contributed by atoms with van der Waals surface area (Å²) in [5.41, 5.74) is 6.44. The summed E-state index contributed by atoms with van der Waals surface area (Å²) in [6.07, 6.45) is 1.21. The summed E-state index contributed by atoms with van der Waals surface area (Å²) >= 11 is 1.65. The Morgan fingerprint density at radius 2 is 2.40 bits per heavy atom.